The summed E-state index contributed by atoms with van der Waals surface area (Å²) >= 11 is 0. The molecule has 0 aliphatic carbocycles. The molecule has 5 heterocycles. The fourth-order valence-corrected chi connectivity index (χ4v) is 12.4. The number of fused-ring (bicyclic) bond motifs is 22. The van der Waals surface area contributed by atoms with Gasteiger partial charge in [-0.05, 0) is 102 Å². The van der Waals surface area contributed by atoms with Crippen molar-refractivity contribution >= 4 is 132 Å². The first-order valence-electron chi connectivity index (χ1n) is 27.7. The van der Waals surface area contributed by atoms with Crippen LogP contribution in [0.15, 0.2) is 242 Å². The second-order valence-corrected chi connectivity index (χ2v) is 18.5. The molecular weight excluding hydrogens is 846 g/mol. The van der Waals surface area contributed by atoms with E-state index >= 15 is 0 Å². The summed E-state index contributed by atoms with van der Waals surface area (Å²) < 4.78 is 79.6. The average Bonchev–Trinajstić information content (AvgIpc) is 4.03. The monoisotopic (exact) mass is 893 g/mol. The molecule has 0 spiro atoms. The van der Waals surface area contributed by atoms with Crippen LogP contribution in [0, 0.1) is 0 Å². The standard InChI is InChI=1S/C66H40BN3/c1-5-22-46-42(18-1)44-20-3-7-24-48(44)54-30-17-31-57-65(54)69(60-34-15-9-26-50(46)60)62-39-37-55-49-25-8-4-21-45(49)43-19-2-6-23-47(43)51-27-10-16-35-61(51)70-63-40-41(36-38-56(63)67(57)64(62)66(55)70)68-58-32-13-11-28-52(58)53-29-12-14-33-59(53)68/h1-40H/i11D,12D,13D,14D,28D,29D,32D,33D. The molecule has 4 heteroatoms. The Morgan fingerprint density at radius 3 is 1.26 bits per heavy atom. The summed E-state index contributed by atoms with van der Waals surface area (Å²) in [6.07, 6.45) is 0. The molecule has 0 unspecified atom stereocenters. The maximum Gasteiger partial charge on any atom is 0.252 e. The van der Waals surface area contributed by atoms with Gasteiger partial charge in [0.1, 0.15) is 0 Å². The summed E-state index contributed by atoms with van der Waals surface area (Å²) in [6.45, 7) is -0.362. The van der Waals surface area contributed by atoms with Crippen LogP contribution in [-0.4, -0.2) is 20.4 Å². The summed E-state index contributed by atoms with van der Waals surface area (Å²) in [7, 11) is 0. The highest BCUT2D eigenvalue weighted by Crippen LogP contribution is 2.41. The van der Waals surface area contributed by atoms with Gasteiger partial charge in [-0.15, -0.1) is 0 Å². The average molecular weight is 894 g/mol. The highest BCUT2D eigenvalue weighted by molar-refractivity contribution is 7.00. The molecule has 0 fully saturated rings. The molecule has 0 saturated carbocycles. The lowest BCUT2D eigenvalue weighted by molar-refractivity contribution is 1.13. The molecule has 14 aromatic rings. The van der Waals surface area contributed by atoms with Crippen molar-refractivity contribution in [1.82, 2.24) is 13.7 Å². The number of benzene rings is 11. The van der Waals surface area contributed by atoms with Gasteiger partial charge >= 0.3 is 0 Å². The van der Waals surface area contributed by atoms with Crippen LogP contribution in [0.1, 0.15) is 11.0 Å². The van der Waals surface area contributed by atoms with Gasteiger partial charge in [0.05, 0.1) is 38.5 Å². The van der Waals surface area contributed by atoms with Gasteiger partial charge in [0, 0.05) is 54.9 Å². The zero-order valence-electron chi connectivity index (χ0n) is 45.4. The van der Waals surface area contributed by atoms with Crippen molar-refractivity contribution in [3.63, 3.8) is 0 Å². The first kappa shape index (κ1) is 31.0. The number of nitrogens with zero attached hydrogens (tertiary/aromatic N) is 3. The second kappa shape index (κ2) is 14.2. The van der Waals surface area contributed by atoms with Crippen LogP contribution in [0.2, 0.25) is 0 Å². The number of rotatable bonds is 1. The molecule has 3 aromatic heterocycles. The molecule has 0 saturated heterocycles. The first-order valence-corrected chi connectivity index (χ1v) is 23.7. The number of hydrogen-bond donors (Lipinski definition) is 0. The SMILES string of the molecule is [2H]c1c([2H])c([2H])c2c(c1[2H])c1c([2H])c([2H])c([2H])c([2H])c1n2-c1ccc2c(c1)-n1c3ccccc3c3ccccc3c3ccccc3c3ccc4c(c31)B2c1cccc2c3ccccc3c3ccccc3c3ccccc3n-4c12. The Labute approximate surface area is 414 Å². The van der Waals surface area contributed by atoms with E-state index in [1.54, 1.807) is 4.57 Å². The molecule has 3 nitrogen and oxygen atoms in total. The van der Waals surface area contributed by atoms with Crippen LogP contribution < -0.4 is 16.4 Å². The van der Waals surface area contributed by atoms with E-state index in [4.69, 9.17) is 5.48 Å². The lowest BCUT2D eigenvalue weighted by Gasteiger charge is -2.36. The molecule has 70 heavy (non-hydrogen) atoms. The van der Waals surface area contributed by atoms with Gasteiger partial charge in [0.25, 0.3) is 6.71 Å². The molecular formula is C66H40BN3. The van der Waals surface area contributed by atoms with Crippen molar-refractivity contribution in [3.8, 4) is 17.1 Å². The quantitative estimate of drug-likeness (QED) is 0.146. The highest BCUT2D eigenvalue weighted by Gasteiger charge is 2.39. The zero-order valence-corrected chi connectivity index (χ0v) is 37.4. The lowest BCUT2D eigenvalue weighted by Crippen LogP contribution is -2.59. The van der Waals surface area contributed by atoms with Crippen molar-refractivity contribution in [2.75, 3.05) is 0 Å². The van der Waals surface area contributed by atoms with Crippen LogP contribution in [0.5, 0.6) is 0 Å². The zero-order chi connectivity index (χ0) is 52.6. The molecule has 0 amide bonds. The summed E-state index contributed by atoms with van der Waals surface area (Å²) in [5, 5.41) is 13.1. The third-order valence-electron chi connectivity index (χ3n) is 15.1. The Morgan fingerprint density at radius 2 is 0.714 bits per heavy atom. The van der Waals surface area contributed by atoms with Gasteiger partial charge in [-0.1, -0.05) is 200 Å². The van der Waals surface area contributed by atoms with Crippen molar-refractivity contribution in [3.05, 3.63) is 242 Å². The Morgan fingerprint density at radius 1 is 0.286 bits per heavy atom. The third-order valence-corrected chi connectivity index (χ3v) is 15.1. The van der Waals surface area contributed by atoms with Crippen molar-refractivity contribution in [2.45, 2.75) is 0 Å². The van der Waals surface area contributed by atoms with Gasteiger partial charge in [-0.3, -0.25) is 0 Å². The molecule has 0 atom stereocenters. The number of para-hydroxylation sites is 5. The Balaban J connectivity index is 1.19. The van der Waals surface area contributed by atoms with Crippen molar-refractivity contribution in [2.24, 2.45) is 0 Å². The van der Waals surface area contributed by atoms with Gasteiger partial charge in [0.15, 0.2) is 0 Å². The van der Waals surface area contributed by atoms with E-state index in [-0.39, 0.29) is 52.7 Å². The smallest absolute Gasteiger partial charge is 0.252 e. The Kier molecular flexibility index (Phi) is 6.30. The molecule has 0 radical (unpaired) electrons. The molecule has 2 aliphatic heterocycles. The summed E-state index contributed by atoms with van der Waals surface area (Å²) in [5.74, 6) is 0. The molecule has 2 aliphatic rings. The normalized spacial score (nSPS) is 14.1. The molecule has 11 aromatic carbocycles. The van der Waals surface area contributed by atoms with Crippen LogP contribution >= 0.6 is 0 Å². The highest BCUT2D eigenvalue weighted by atomic mass is 15.0. The Hall–Kier alpha value is -9.12. The first-order chi connectivity index (χ1) is 38.1. The number of hydrogen-bond acceptors (Lipinski definition) is 0. The Bertz CT molecular complexity index is 5210. The fraction of sp³-hybridized carbons (Fsp3) is 0. The minimum atomic E-state index is -0.480. The van der Waals surface area contributed by atoms with E-state index in [1.807, 2.05) is 6.07 Å². The summed E-state index contributed by atoms with van der Waals surface area (Å²) in [4.78, 5) is 0. The van der Waals surface area contributed by atoms with Crippen molar-refractivity contribution in [1.29, 1.82) is 0 Å². The maximum atomic E-state index is 9.50. The van der Waals surface area contributed by atoms with E-state index in [2.05, 4.69) is 197 Å². The molecule has 322 valence electrons. The van der Waals surface area contributed by atoms with E-state index in [0.29, 0.717) is 5.69 Å². The molecule has 0 N–H and O–H groups in total. The lowest BCUT2D eigenvalue weighted by atomic mass is 9.34. The van der Waals surface area contributed by atoms with E-state index in [1.165, 1.54) is 0 Å². The second-order valence-electron chi connectivity index (χ2n) is 18.5. The fourth-order valence-electron chi connectivity index (χ4n) is 12.4. The largest absolute Gasteiger partial charge is 0.310 e. The number of aromatic nitrogens is 3. The predicted molar refractivity (Wildman–Crippen MR) is 299 cm³/mol. The van der Waals surface area contributed by atoms with Crippen molar-refractivity contribution < 1.29 is 11.0 Å². The van der Waals surface area contributed by atoms with Crippen LogP contribution in [0.25, 0.3) is 126 Å². The van der Waals surface area contributed by atoms with E-state index in [0.717, 1.165) is 114 Å². The van der Waals surface area contributed by atoms with Gasteiger partial charge in [0.2, 0.25) is 0 Å². The summed E-state index contributed by atoms with van der Waals surface area (Å²) in [5.41, 5.74) is 9.68. The summed E-state index contributed by atoms with van der Waals surface area (Å²) in [6, 6.07) is 66.0. The van der Waals surface area contributed by atoms with Crippen LogP contribution in [0.4, 0.5) is 0 Å². The maximum absolute atomic E-state index is 9.50. The van der Waals surface area contributed by atoms with Gasteiger partial charge in [-0.2, -0.15) is 0 Å². The van der Waals surface area contributed by atoms with Gasteiger partial charge < -0.3 is 13.7 Å². The minimum Gasteiger partial charge on any atom is -0.310 e. The van der Waals surface area contributed by atoms with E-state index < -0.39 is 24.2 Å². The predicted octanol–water partition coefficient (Wildman–Crippen LogP) is 15.0. The van der Waals surface area contributed by atoms with E-state index in [9.17, 15) is 5.48 Å². The molecule has 16 rings (SSSR count). The minimum absolute atomic E-state index is 0.0354. The topological polar surface area (TPSA) is 14.8 Å². The van der Waals surface area contributed by atoms with Crippen LogP contribution in [0.3, 0.4) is 0 Å². The third kappa shape index (κ3) is 4.99. The van der Waals surface area contributed by atoms with Crippen LogP contribution in [-0.2, 0) is 0 Å². The molecule has 0 bridgehead atoms. The van der Waals surface area contributed by atoms with Gasteiger partial charge in [-0.25, -0.2) is 0 Å².